The normalized spacial score (nSPS) is 24.6. The summed E-state index contributed by atoms with van der Waals surface area (Å²) in [6.45, 7) is 6.05. The molecule has 0 aliphatic carbocycles. The average molecular weight is 269 g/mol. The Labute approximate surface area is 121 Å². The van der Waals surface area contributed by atoms with Gasteiger partial charge in [0, 0.05) is 19.1 Å². The van der Waals surface area contributed by atoms with Crippen LogP contribution in [0.25, 0.3) is 0 Å². The van der Waals surface area contributed by atoms with Crippen molar-refractivity contribution >= 4 is 0 Å². The predicted octanol–water partition coefficient (Wildman–Crippen LogP) is 2.62. The molecule has 0 bridgehead atoms. The molecule has 2 aliphatic heterocycles. The van der Waals surface area contributed by atoms with Gasteiger partial charge >= 0.3 is 0 Å². The van der Waals surface area contributed by atoms with Crippen molar-refractivity contribution in [2.45, 2.75) is 38.3 Å². The Morgan fingerprint density at radius 2 is 1.80 bits per heavy atom. The number of nitrogens with zero attached hydrogens (tertiary/aromatic N) is 3. The van der Waals surface area contributed by atoms with Crippen molar-refractivity contribution in [1.82, 2.24) is 9.80 Å². The van der Waals surface area contributed by atoms with Crippen LogP contribution in [0.3, 0.4) is 0 Å². The van der Waals surface area contributed by atoms with Crippen molar-refractivity contribution < 1.29 is 0 Å². The summed E-state index contributed by atoms with van der Waals surface area (Å²) in [4.78, 5) is 5.26. The Morgan fingerprint density at radius 1 is 1.05 bits per heavy atom. The maximum absolute atomic E-state index is 8.84. The Morgan fingerprint density at radius 3 is 2.50 bits per heavy atom. The second-order valence-corrected chi connectivity index (χ2v) is 6.08. The van der Waals surface area contributed by atoms with Gasteiger partial charge < -0.3 is 0 Å². The standard InChI is InChI=1S/C17H23N3/c18-12-15-5-7-16(8-6-15)13-19-9-3-4-17(14-19)20-10-1-2-11-20/h5-8,17H,1-4,9-11,13-14H2. The van der Waals surface area contributed by atoms with Crippen LogP contribution in [0.2, 0.25) is 0 Å². The van der Waals surface area contributed by atoms with Crippen LogP contribution in [0.4, 0.5) is 0 Å². The van der Waals surface area contributed by atoms with Crippen molar-refractivity contribution in [2.75, 3.05) is 26.2 Å². The third-order valence-corrected chi connectivity index (χ3v) is 4.63. The lowest BCUT2D eigenvalue weighted by atomic mass is 10.0. The molecular formula is C17H23N3. The number of nitriles is 1. The van der Waals surface area contributed by atoms with Crippen molar-refractivity contribution in [3.8, 4) is 6.07 Å². The van der Waals surface area contributed by atoms with Crippen molar-refractivity contribution in [3.05, 3.63) is 35.4 Å². The smallest absolute Gasteiger partial charge is 0.0991 e. The molecular weight excluding hydrogens is 246 g/mol. The van der Waals surface area contributed by atoms with Crippen molar-refractivity contribution in [3.63, 3.8) is 0 Å². The molecule has 0 amide bonds. The summed E-state index contributed by atoms with van der Waals surface area (Å²) >= 11 is 0. The van der Waals surface area contributed by atoms with Crippen LogP contribution >= 0.6 is 0 Å². The first kappa shape index (κ1) is 13.6. The zero-order valence-electron chi connectivity index (χ0n) is 12.1. The lowest BCUT2D eigenvalue weighted by Crippen LogP contribution is -2.46. The lowest BCUT2D eigenvalue weighted by molar-refractivity contribution is 0.110. The van der Waals surface area contributed by atoms with Crippen molar-refractivity contribution in [1.29, 1.82) is 5.26 Å². The second kappa shape index (κ2) is 6.39. The summed E-state index contributed by atoms with van der Waals surface area (Å²) in [7, 11) is 0. The number of hydrogen-bond donors (Lipinski definition) is 0. The van der Waals surface area contributed by atoms with Crippen LogP contribution in [0.5, 0.6) is 0 Å². The minimum absolute atomic E-state index is 0.752. The van der Waals surface area contributed by atoms with Gasteiger partial charge in [-0.3, -0.25) is 9.80 Å². The number of rotatable bonds is 3. The molecule has 0 aromatic heterocycles. The lowest BCUT2D eigenvalue weighted by Gasteiger charge is -2.37. The van der Waals surface area contributed by atoms with Crippen LogP contribution in [-0.2, 0) is 6.54 Å². The molecule has 1 aromatic carbocycles. The van der Waals surface area contributed by atoms with Gasteiger partial charge in [0.05, 0.1) is 11.6 Å². The predicted molar refractivity (Wildman–Crippen MR) is 80.3 cm³/mol. The van der Waals surface area contributed by atoms with Gasteiger partial charge in [0.25, 0.3) is 0 Å². The SMILES string of the molecule is N#Cc1ccc(CN2CCCC(N3CCCC3)C2)cc1. The van der Waals surface area contributed by atoms with Gasteiger partial charge in [0.2, 0.25) is 0 Å². The molecule has 2 aliphatic rings. The summed E-state index contributed by atoms with van der Waals surface area (Å²) in [6.07, 6.45) is 5.44. The fourth-order valence-corrected chi connectivity index (χ4v) is 3.52. The van der Waals surface area contributed by atoms with Gasteiger partial charge in [0.15, 0.2) is 0 Å². The molecule has 2 fully saturated rings. The van der Waals surface area contributed by atoms with Crippen LogP contribution in [0, 0.1) is 11.3 Å². The molecule has 3 heteroatoms. The molecule has 1 unspecified atom stereocenters. The van der Waals surface area contributed by atoms with E-state index in [-0.39, 0.29) is 0 Å². The highest BCUT2D eigenvalue weighted by molar-refractivity contribution is 5.31. The summed E-state index contributed by atoms with van der Waals surface area (Å²) in [5.74, 6) is 0. The van der Waals surface area contributed by atoms with Gasteiger partial charge in [-0.1, -0.05) is 12.1 Å². The maximum Gasteiger partial charge on any atom is 0.0991 e. The molecule has 2 saturated heterocycles. The molecule has 20 heavy (non-hydrogen) atoms. The first-order valence-electron chi connectivity index (χ1n) is 7.80. The fraction of sp³-hybridized carbons (Fsp3) is 0.588. The molecule has 106 valence electrons. The number of piperidine rings is 1. The monoisotopic (exact) mass is 269 g/mol. The largest absolute Gasteiger partial charge is 0.299 e. The third-order valence-electron chi connectivity index (χ3n) is 4.63. The van der Waals surface area contributed by atoms with Crippen LogP contribution < -0.4 is 0 Å². The minimum Gasteiger partial charge on any atom is -0.299 e. The van der Waals surface area contributed by atoms with Gasteiger partial charge in [-0.25, -0.2) is 0 Å². The van der Waals surface area contributed by atoms with Crippen LogP contribution in [0.1, 0.15) is 36.8 Å². The maximum atomic E-state index is 8.84. The Balaban J connectivity index is 1.57. The molecule has 0 spiro atoms. The van der Waals surface area contributed by atoms with Gasteiger partial charge in [-0.2, -0.15) is 5.26 Å². The van der Waals surface area contributed by atoms with E-state index in [1.807, 2.05) is 12.1 Å². The van der Waals surface area contributed by atoms with E-state index in [4.69, 9.17) is 5.26 Å². The topological polar surface area (TPSA) is 30.3 Å². The van der Waals surface area contributed by atoms with E-state index in [0.29, 0.717) is 0 Å². The van der Waals surface area contributed by atoms with Gasteiger partial charge in [-0.15, -0.1) is 0 Å². The molecule has 0 saturated carbocycles. The highest BCUT2D eigenvalue weighted by Gasteiger charge is 2.26. The van der Waals surface area contributed by atoms with E-state index in [9.17, 15) is 0 Å². The van der Waals surface area contributed by atoms with Crippen LogP contribution in [0.15, 0.2) is 24.3 Å². The Hall–Kier alpha value is -1.37. The highest BCUT2D eigenvalue weighted by Crippen LogP contribution is 2.21. The number of hydrogen-bond acceptors (Lipinski definition) is 3. The highest BCUT2D eigenvalue weighted by atomic mass is 15.2. The quantitative estimate of drug-likeness (QED) is 0.845. The number of benzene rings is 1. The summed E-state index contributed by atoms with van der Waals surface area (Å²) in [5.41, 5.74) is 2.08. The van der Waals surface area contributed by atoms with Gasteiger partial charge in [-0.05, 0) is 63.0 Å². The van der Waals surface area contributed by atoms with Crippen LogP contribution in [-0.4, -0.2) is 42.0 Å². The average Bonchev–Trinajstić information content (AvgIpc) is 3.03. The molecule has 0 N–H and O–H groups in total. The summed E-state index contributed by atoms with van der Waals surface area (Å²) in [6, 6.07) is 11.0. The van der Waals surface area contributed by atoms with E-state index in [0.717, 1.165) is 18.2 Å². The molecule has 0 radical (unpaired) electrons. The molecule has 1 aromatic rings. The summed E-state index contributed by atoms with van der Waals surface area (Å²) < 4.78 is 0. The van der Waals surface area contributed by atoms with Gasteiger partial charge in [0.1, 0.15) is 0 Å². The first-order chi connectivity index (χ1) is 9.85. The third kappa shape index (κ3) is 3.20. The van der Waals surface area contributed by atoms with E-state index in [2.05, 4.69) is 28.0 Å². The zero-order chi connectivity index (χ0) is 13.8. The van der Waals surface area contributed by atoms with E-state index >= 15 is 0 Å². The van der Waals surface area contributed by atoms with E-state index in [1.165, 1.54) is 57.4 Å². The molecule has 3 rings (SSSR count). The first-order valence-corrected chi connectivity index (χ1v) is 7.80. The molecule has 3 nitrogen and oxygen atoms in total. The molecule has 2 heterocycles. The molecule has 1 atom stereocenters. The zero-order valence-corrected chi connectivity index (χ0v) is 12.1. The number of likely N-dealkylation sites (tertiary alicyclic amines) is 2. The minimum atomic E-state index is 0.752. The Kier molecular flexibility index (Phi) is 4.34. The van der Waals surface area contributed by atoms with E-state index < -0.39 is 0 Å². The fourth-order valence-electron chi connectivity index (χ4n) is 3.52. The van der Waals surface area contributed by atoms with E-state index in [1.54, 1.807) is 0 Å². The Bertz CT molecular complexity index is 468. The second-order valence-electron chi connectivity index (χ2n) is 6.08. The summed E-state index contributed by atoms with van der Waals surface area (Å²) in [5, 5.41) is 8.84. The van der Waals surface area contributed by atoms with Crippen molar-refractivity contribution in [2.24, 2.45) is 0 Å².